The Balaban J connectivity index is 1.49. The molecule has 1 N–H and O–H groups in total. The van der Waals surface area contributed by atoms with Crippen molar-refractivity contribution in [3.8, 4) is 23.4 Å². The molecule has 0 spiro atoms. The summed E-state index contributed by atoms with van der Waals surface area (Å²) in [5.41, 5.74) is 0.570. The van der Waals surface area contributed by atoms with Gasteiger partial charge in [0.1, 0.15) is 35.8 Å². The maximum atomic E-state index is 13.6. The molecular weight excluding hydrogens is 423 g/mol. The normalized spacial score (nSPS) is 14.8. The maximum absolute atomic E-state index is 13.6. The van der Waals surface area contributed by atoms with Gasteiger partial charge in [-0.2, -0.15) is 10.2 Å². The molecule has 2 heterocycles. The van der Waals surface area contributed by atoms with Crippen LogP contribution in [0.1, 0.15) is 24.5 Å². The van der Waals surface area contributed by atoms with Crippen molar-refractivity contribution in [3.05, 3.63) is 74.9 Å². The number of anilines is 1. The first-order valence-corrected chi connectivity index (χ1v) is 9.98. The Morgan fingerprint density at radius 2 is 2.16 bits per heavy atom. The number of rotatable bonds is 5. The highest BCUT2D eigenvalue weighted by molar-refractivity contribution is 6.30. The minimum Gasteiger partial charge on any atom is -0.473 e. The molecule has 0 radical (unpaired) electrons. The van der Waals surface area contributed by atoms with E-state index in [0.29, 0.717) is 17.9 Å². The van der Waals surface area contributed by atoms with Crippen molar-refractivity contribution >= 4 is 17.4 Å². The van der Waals surface area contributed by atoms with Crippen LogP contribution < -0.4 is 20.5 Å². The van der Waals surface area contributed by atoms with Gasteiger partial charge in [-0.25, -0.2) is 9.18 Å². The molecule has 0 bridgehead atoms. The third-order valence-electron chi connectivity index (χ3n) is 4.84. The van der Waals surface area contributed by atoms with E-state index in [2.05, 4.69) is 16.4 Å². The van der Waals surface area contributed by atoms with E-state index >= 15 is 0 Å². The SMILES string of the molecule is CC1CCn2c(cc(OCc3ccc(Oc4ccc(Cl)c(F)c4)c(C#N)c3)nc2=O)N1. The van der Waals surface area contributed by atoms with Crippen LogP contribution >= 0.6 is 11.6 Å². The Labute approximate surface area is 182 Å². The molecular formula is C22H18ClFN4O3. The zero-order valence-electron chi connectivity index (χ0n) is 16.6. The first-order chi connectivity index (χ1) is 14.9. The molecule has 0 fully saturated rings. The maximum Gasteiger partial charge on any atom is 0.352 e. The summed E-state index contributed by atoms with van der Waals surface area (Å²) in [7, 11) is 0. The number of nitrogens with one attached hydrogen (secondary N) is 1. The number of hydrogen-bond donors (Lipinski definition) is 1. The fourth-order valence-corrected chi connectivity index (χ4v) is 3.33. The number of fused-ring (bicyclic) bond motifs is 1. The number of aromatic nitrogens is 2. The second-order valence-electron chi connectivity index (χ2n) is 7.16. The lowest BCUT2D eigenvalue weighted by molar-refractivity contribution is 0.290. The largest absolute Gasteiger partial charge is 0.473 e. The van der Waals surface area contributed by atoms with Gasteiger partial charge in [-0.15, -0.1) is 0 Å². The Hall–Kier alpha value is -3.57. The molecule has 31 heavy (non-hydrogen) atoms. The van der Waals surface area contributed by atoms with Crippen LogP contribution in [0.25, 0.3) is 0 Å². The first kappa shape index (κ1) is 20.7. The number of nitrogens with zero attached hydrogens (tertiary/aromatic N) is 3. The van der Waals surface area contributed by atoms with Crippen molar-refractivity contribution in [1.29, 1.82) is 5.26 Å². The highest BCUT2D eigenvalue weighted by atomic mass is 35.5. The third kappa shape index (κ3) is 4.62. The fourth-order valence-electron chi connectivity index (χ4n) is 3.21. The summed E-state index contributed by atoms with van der Waals surface area (Å²) in [6.07, 6.45) is 0.850. The van der Waals surface area contributed by atoms with Gasteiger partial charge in [-0.1, -0.05) is 17.7 Å². The van der Waals surface area contributed by atoms with E-state index in [9.17, 15) is 14.4 Å². The first-order valence-electron chi connectivity index (χ1n) is 9.60. The van der Waals surface area contributed by atoms with Gasteiger partial charge < -0.3 is 14.8 Å². The van der Waals surface area contributed by atoms with Crippen LogP contribution in [0.5, 0.6) is 17.4 Å². The number of nitriles is 1. The van der Waals surface area contributed by atoms with E-state index in [-0.39, 0.29) is 46.3 Å². The summed E-state index contributed by atoms with van der Waals surface area (Å²) in [4.78, 5) is 16.2. The van der Waals surface area contributed by atoms with Crippen LogP contribution in [-0.4, -0.2) is 15.6 Å². The molecule has 4 rings (SSSR count). The zero-order valence-corrected chi connectivity index (χ0v) is 17.3. The van der Waals surface area contributed by atoms with E-state index in [1.165, 1.54) is 12.1 Å². The fraction of sp³-hybridized carbons (Fsp3) is 0.227. The van der Waals surface area contributed by atoms with E-state index in [0.717, 1.165) is 12.5 Å². The van der Waals surface area contributed by atoms with Crippen LogP contribution in [0, 0.1) is 17.1 Å². The molecule has 1 aliphatic rings. The second-order valence-corrected chi connectivity index (χ2v) is 7.56. The minimum atomic E-state index is -0.611. The molecule has 158 valence electrons. The van der Waals surface area contributed by atoms with Gasteiger partial charge in [0.2, 0.25) is 5.88 Å². The topological polar surface area (TPSA) is 89.2 Å². The van der Waals surface area contributed by atoms with Crippen LogP contribution in [0.15, 0.2) is 47.3 Å². The quantitative estimate of drug-likeness (QED) is 0.629. The lowest BCUT2D eigenvalue weighted by Gasteiger charge is -2.25. The third-order valence-corrected chi connectivity index (χ3v) is 5.14. The molecule has 2 aromatic carbocycles. The van der Waals surface area contributed by atoms with Crippen molar-refractivity contribution in [1.82, 2.24) is 9.55 Å². The van der Waals surface area contributed by atoms with Crippen molar-refractivity contribution in [2.24, 2.45) is 0 Å². The highest BCUT2D eigenvalue weighted by Crippen LogP contribution is 2.29. The van der Waals surface area contributed by atoms with E-state index in [4.69, 9.17) is 21.1 Å². The van der Waals surface area contributed by atoms with Gasteiger partial charge in [0.05, 0.1) is 10.6 Å². The van der Waals surface area contributed by atoms with Gasteiger partial charge in [0.25, 0.3) is 0 Å². The summed E-state index contributed by atoms with van der Waals surface area (Å²) in [5, 5.41) is 12.7. The predicted molar refractivity (Wildman–Crippen MR) is 113 cm³/mol. The van der Waals surface area contributed by atoms with Crippen LogP contribution in [0.3, 0.4) is 0 Å². The Kier molecular flexibility index (Phi) is 5.78. The van der Waals surface area contributed by atoms with E-state index in [1.807, 2.05) is 6.92 Å². The van der Waals surface area contributed by atoms with E-state index < -0.39 is 5.82 Å². The molecule has 9 heteroatoms. The lowest BCUT2D eigenvalue weighted by Crippen LogP contribution is -2.34. The molecule has 1 atom stereocenters. The van der Waals surface area contributed by atoms with Crippen molar-refractivity contribution < 1.29 is 13.9 Å². The summed E-state index contributed by atoms with van der Waals surface area (Å²) in [5.74, 6) is 0.762. The molecule has 1 aromatic heterocycles. The molecule has 0 saturated carbocycles. The lowest BCUT2D eigenvalue weighted by atomic mass is 10.1. The van der Waals surface area contributed by atoms with Gasteiger partial charge in [-0.3, -0.25) is 4.57 Å². The Bertz CT molecular complexity index is 1240. The number of benzene rings is 2. The number of hydrogen-bond acceptors (Lipinski definition) is 6. The zero-order chi connectivity index (χ0) is 22.0. The summed E-state index contributed by atoms with van der Waals surface area (Å²) < 4.78 is 26.5. The monoisotopic (exact) mass is 440 g/mol. The van der Waals surface area contributed by atoms with E-state index in [1.54, 1.807) is 28.8 Å². The molecule has 0 amide bonds. The Morgan fingerprint density at radius 1 is 1.32 bits per heavy atom. The Morgan fingerprint density at radius 3 is 2.94 bits per heavy atom. The van der Waals surface area contributed by atoms with Gasteiger partial charge in [-0.05, 0) is 43.2 Å². The minimum absolute atomic E-state index is 0.0135. The van der Waals surface area contributed by atoms with Gasteiger partial charge in [0.15, 0.2) is 0 Å². The molecule has 7 nitrogen and oxygen atoms in total. The van der Waals surface area contributed by atoms with Crippen molar-refractivity contribution in [2.75, 3.05) is 5.32 Å². The summed E-state index contributed by atoms with van der Waals surface area (Å²) in [6, 6.07) is 13.0. The van der Waals surface area contributed by atoms with Crippen molar-refractivity contribution in [3.63, 3.8) is 0 Å². The van der Waals surface area contributed by atoms with Crippen LogP contribution in [0.4, 0.5) is 10.2 Å². The predicted octanol–water partition coefficient (Wildman–Crippen LogP) is 4.48. The summed E-state index contributed by atoms with van der Waals surface area (Å²) in [6.45, 7) is 2.76. The van der Waals surface area contributed by atoms with Gasteiger partial charge >= 0.3 is 5.69 Å². The average molecular weight is 441 g/mol. The highest BCUT2D eigenvalue weighted by Gasteiger charge is 2.17. The molecule has 1 aliphatic heterocycles. The average Bonchev–Trinajstić information content (AvgIpc) is 2.75. The standard InChI is InChI=1S/C22H18ClFN4O3/c1-13-6-7-28-20(26-13)10-21(27-22(28)29)30-12-14-2-5-19(15(8-14)11-25)31-16-3-4-17(23)18(24)9-16/h2-5,8-10,13,26H,6-7,12H2,1H3. The van der Waals surface area contributed by atoms with Crippen LogP contribution in [0.2, 0.25) is 5.02 Å². The molecule has 0 saturated heterocycles. The molecule has 0 aliphatic carbocycles. The van der Waals surface area contributed by atoms with Crippen molar-refractivity contribution in [2.45, 2.75) is 32.5 Å². The second kappa shape index (κ2) is 8.66. The number of ether oxygens (including phenoxy) is 2. The van der Waals surface area contributed by atoms with Crippen LogP contribution in [-0.2, 0) is 13.2 Å². The number of halogens is 2. The molecule has 1 unspecified atom stereocenters. The summed E-state index contributed by atoms with van der Waals surface area (Å²) >= 11 is 5.68. The smallest absolute Gasteiger partial charge is 0.352 e. The molecule has 3 aromatic rings. The van der Waals surface area contributed by atoms with Gasteiger partial charge in [0, 0.05) is 24.7 Å².